The molecule has 1 heterocycles. The first-order valence-corrected chi connectivity index (χ1v) is 9.48. The molecular weight excluding hydrogens is 322 g/mol. The summed E-state index contributed by atoms with van der Waals surface area (Å²) in [6, 6.07) is 20.7. The van der Waals surface area contributed by atoms with Gasteiger partial charge >= 0.3 is 0 Å². The lowest BCUT2D eigenvalue weighted by atomic mass is 9.85. The Bertz CT molecular complexity index is 692. The number of nitrogens with one attached hydrogen (secondary N) is 2. The maximum absolute atomic E-state index is 13.0. The molecule has 0 aliphatic carbocycles. The van der Waals surface area contributed by atoms with Crippen LogP contribution < -0.4 is 10.6 Å². The van der Waals surface area contributed by atoms with Gasteiger partial charge in [0.15, 0.2) is 0 Å². The lowest BCUT2D eigenvalue weighted by Gasteiger charge is -2.42. The average Bonchev–Trinajstić information content (AvgIpc) is 2.64. The molecule has 0 unspecified atom stereocenters. The van der Waals surface area contributed by atoms with Crippen LogP contribution in [0, 0.1) is 0 Å². The number of likely N-dealkylation sites (tertiary alicyclic amines) is 1. The molecule has 0 radical (unpaired) electrons. The number of carbonyl (C=O) groups excluding carboxylic acids is 1. The third kappa shape index (κ3) is 4.64. The molecule has 4 heteroatoms. The fraction of sp³-hybridized carbons (Fsp3) is 0.409. The number of rotatable bonds is 6. The number of carbonyl (C=O) groups is 1. The van der Waals surface area contributed by atoms with E-state index in [-0.39, 0.29) is 11.9 Å². The number of para-hydroxylation sites is 1. The number of benzene rings is 2. The van der Waals surface area contributed by atoms with E-state index in [1.807, 2.05) is 50.2 Å². The number of hydrogen-bond acceptors (Lipinski definition) is 3. The van der Waals surface area contributed by atoms with Crippen molar-refractivity contribution in [2.75, 3.05) is 18.4 Å². The molecule has 1 aliphatic rings. The normalized spacial score (nSPS) is 17.0. The second-order valence-electron chi connectivity index (χ2n) is 7.46. The summed E-state index contributed by atoms with van der Waals surface area (Å²) in [6.45, 7) is 6.77. The monoisotopic (exact) mass is 351 g/mol. The number of piperidine rings is 1. The van der Waals surface area contributed by atoms with E-state index in [2.05, 4.69) is 39.8 Å². The molecule has 0 spiro atoms. The van der Waals surface area contributed by atoms with Crippen molar-refractivity contribution in [3.63, 3.8) is 0 Å². The van der Waals surface area contributed by atoms with Crippen molar-refractivity contribution < 1.29 is 4.79 Å². The summed E-state index contributed by atoms with van der Waals surface area (Å²) in [5.74, 6) is 0.107. The van der Waals surface area contributed by atoms with E-state index in [0.29, 0.717) is 0 Å². The largest absolute Gasteiger partial charge is 0.371 e. The molecule has 138 valence electrons. The van der Waals surface area contributed by atoms with E-state index in [1.165, 1.54) is 5.56 Å². The Morgan fingerprint density at radius 3 is 2.15 bits per heavy atom. The van der Waals surface area contributed by atoms with Crippen LogP contribution in [-0.2, 0) is 11.3 Å². The lowest BCUT2D eigenvalue weighted by molar-refractivity contribution is -0.127. The summed E-state index contributed by atoms with van der Waals surface area (Å²) in [5.41, 5.74) is 1.78. The van der Waals surface area contributed by atoms with Gasteiger partial charge in [-0.2, -0.15) is 0 Å². The zero-order valence-electron chi connectivity index (χ0n) is 15.7. The number of anilines is 1. The summed E-state index contributed by atoms with van der Waals surface area (Å²) < 4.78 is 0. The minimum Gasteiger partial charge on any atom is -0.371 e. The van der Waals surface area contributed by atoms with Crippen LogP contribution in [0.5, 0.6) is 0 Å². The standard InChI is InChI=1S/C22H29N3O/c1-18(2)23-21(26)22(24-20-11-7-4-8-12-20)13-15-25(16-14-22)17-19-9-5-3-6-10-19/h3-12,18,24H,13-17H2,1-2H3,(H,23,26). The predicted molar refractivity (Wildman–Crippen MR) is 107 cm³/mol. The molecule has 1 amide bonds. The first-order valence-electron chi connectivity index (χ1n) is 9.48. The van der Waals surface area contributed by atoms with Crippen molar-refractivity contribution in [1.29, 1.82) is 0 Å². The van der Waals surface area contributed by atoms with E-state index >= 15 is 0 Å². The van der Waals surface area contributed by atoms with Gasteiger partial charge in [0.2, 0.25) is 5.91 Å². The molecule has 1 saturated heterocycles. The summed E-state index contributed by atoms with van der Waals surface area (Å²) >= 11 is 0. The highest BCUT2D eigenvalue weighted by Gasteiger charge is 2.41. The average molecular weight is 351 g/mol. The molecule has 0 atom stereocenters. The summed E-state index contributed by atoms with van der Waals surface area (Å²) in [5, 5.41) is 6.66. The van der Waals surface area contributed by atoms with Gasteiger partial charge in [-0.1, -0.05) is 48.5 Å². The second-order valence-corrected chi connectivity index (χ2v) is 7.46. The summed E-state index contributed by atoms with van der Waals surface area (Å²) in [7, 11) is 0. The molecule has 4 nitrogen and oxygen atoms in total. The summed E-state index contributed by atoms with van der Waals surface area (Å²) in [6.07, 6.45) is 1.60. The number of amides is 1. The fourth-order valence-electron chi connectivity index (χ4n) is 3.54. The molecule has 0 aromatic heterocycles. The van der Waals surface area contributed by atoms with Crippen molar-refractivity contribution in [2.24, 2.45) is 0 Å². The van der Waals surface area contributed by atoms with E-state index in [1.54, 1.807) is 0 Å². The molecule has 0 saturated carbocycles. The fourth-order valence-corrected chi connectivity index (χ4v) is 3.54. The third-order valence-corrected chi connectivity index (χ3v) is 4.97. The van der Waals surface area contributed by atoms with Gasteiger partial charge in [-0.15, -0.1) is 0 Å². The molecule has 26 heavy (non-hydrogen) atoms. The maximum Gasteiger partial charge on any atom is 0.245 e. The van der Waals surface area contributed by atoms with Gasteiger partial charge in [0, 0.05) is 31.4 Å². The number of hydrogen-bond donors (Lipinski definition) is 2. The van der Waals surface area contributed by atoms with Crippen molar-refractivity contribution in [2.45, 2.75) is 44.8 Å². The van der Waals surface area contributed by atoms with Crippen molar-refractivity contribution in [3.05, 3.63) is 66.2 Å². The van der Waals surface area contributed by atoms with Crippen LogP contribution in [-0.4, -0.2) is 35.5 Å². The van der Waals surface area contributed by atoms with Crippen LogP contribution in [0.25, 0.3) is 0 Å². The molecule has 2 aromatic carbocycles. The Balaban J connectivity index is 1.70. The van der Waals surface area contributed by atoms with E-state index in [9.17, 15) is 4.79 Å². The zero-order valence-corrected chi connectivity index (χ0v) is 15.7. The highest BCUT2D eigenvalue weighted by molar-refractivity contribution is 5.89. The van der Waals surface area contributed by atoms with Crippen LogP contribution in [0.2, 0.25) is 0 Å². The molecular formula is C22H29N3O. The molecule has 1 aliphatic heterocycles. The van der Waals surface area contributed by atoms with E-state index in [0.717, 1.165) is 38.2 Å². The maximum atomic E-state index is 13.0. The summed E-state index contributed by atoms with van der Waals surface area (Å²) in [4.78, 5) is 15.4. The van der Waals surface area contributed by atoms with Crippen molar-refractivity contribution in [3.8, 4) is 0 Å². The molecule has 1 fully saturated rings. The Morgan fingerprint density at radius 1 is 1.00 bits per heavy atom. The van der Waals surface area contributed by atoms with Gasteiger partial charge in [-0.3, -0.25) is 9.69 Å². The van der Waals surface area contributed by atoms with Crippen molar-refractivity contribution in [1.82, 2.24) is 10.2 Å². The van der Waals surface area contributed by atoms with E-state index < -0.39 is 5.54 Å². The van der Waals surface area contributed by atoms with Crippen LogP contribution >= 0.6 is 0 Å². The Kier molecular flexibility index (Phi) is 5.94. The number of nitrogens with zero attached hydrogens (tertiary/aromatic N) is 1. The first-order chi connectivity index (χ1) is 12.6. The van der Waals surface area contributed by atoms with E-state index in [4.69, 9.17) is 0 Å². The second kappa shape index (κ2) is 8.37. The molecule has 0 bridgehead atoms. The van der Waals surface area contributed by atoms with Crippen LogP contribution in [0.3, 0.4) is 0 Å². The topological polar surface area (TPSA) is 44.4 Å². The quantitative estimate of drug-likeness (QED) is 0.835. The van der Waals surface area contributed by atoms with Crippen molar-refractivity contribution >= 4 is 11.6 Å². The molecule has 2 N–H and O–H groups in total. The molecule has 3 rings (SSSR count). The van der Waals surface area contributed by atoms with Crippen LogP contribution in [0.4, 0.5) is 5.69 Å². The third-order valence-electron chi connectivity index (χ3n) is 4.97. The minimum atomic E-state index is -0.543. The van der Waals surface area contributed by atoms with Crippen LogP contribution in [0.15, 0.2) is 60.7 Å². The Morgan fingerprint density at radius 2 is 1.58 bits per heavy atom. The zero-order chi connectivity index (χ0) is 18.4. The Hall–Kier alpha value is -2.33. The first kappa shape index (κ1) is 18.5. The van der Waals surface area contributed by atoms with Gasteiger partial charge in [0.1, 0.15) is 5.54 Å². The van der Waals surface area contributed by atoms with Gasteiger partial charge < -0.3 is 10.6 Å². The SMILES string of the molecule is CC(C)NC(=O)C1(Nc2ccccc2)CCN(Cc2ccccc2)CC1. The lowest BCUT2D eigenvalue weighted by Crippen LogP contribution is -2.59. The van der Waals surface area contributed by atoms with Crippen LogP contribution in [0.1, 0.15) is 32.3 Å². The van der Waals surface area contributed by atoms with Gasteiger partial charge in [-0.25, -0.2) is 0 Å². The predicted octanol–water partition coefficient (Wildman–Crippen LogP) is 3.66. The molecule has 2 aromatic rings. The van der Waals surface area contributed by atoms with Gasteiger partial charge in [0.25, 0.3) is 0 Å². The Labute approximate surface area is 156 Å². The highest BCUT2D eigenvalue weighted by Crippen LogP contribution is 2.28. The minimum absolute atomic E-state index is 0.107. The van der Waals surface area contributed by atoms with Gasteiger partial charge in [-0.05, 0) is 44.4 Å². The highest BCUT2D eigenvalue weighted by atomic mass is 16.2. The smallest absolute Gasteiger partial charge is 0.245 e. The van der Waals surface area contributed by atoms with Gasteiger partial charge in [0.05, 0.1) is 0 Å².